The van der Waals surface area contributed by atoms with Crippen molar-refractivity contribution < 1.29 is 9.59 Å². The van der Waals surface area contributed by atoms with E-state index in [1.165, 1.54) is 11.0 Å². The first-order valence-electron chi connectivity index (χ1n) is 4.76. The van der Waals surface area contributed by atoms with Gasteiger partial charge in [-0.15, -0.1) is 10.2 Å². The van der Waals surface area contributed by atoms with E-state index in [0.717, 1.165) is 0 Å². The molecular formula is C9H11N5O2. The van der Waals surface area contributed by atoms with Crippen LogP contribution in [-0.2, 0) is 0 Å². The fourth-order valence-electron chi connectivity index (χ4n) is 1.46. The standard InChI is InChI=1S/C9H11N5O2/c1-13-4-5-14(9(13)16)7-3-2-6(8(10)15)11-12-7/h2-3H,4-5H2,1H3,(H2,10,15). The predicted molar refractivity (Wildman–Crippen MR) is 55.9 cm³/mol. The van der Waals surface area contributed by atoms with Gasteiger partial charge < -0.3 is 10.6 Å². The molecular weight excluding hydrogens is 210 g/mol. The van der Waals surface area contributed by atoms with E-state index in [1.54, 1.807) is 18.0 Å². The summed E-state index contributed by atoms with van der Waals surface area (Å²) in [6, 6.07) is 2.89. The summed E-state index contributed by atoms with van der Waals surface area (Å²) in [5.74, 6) is -0.205. The number of carbonyl (C=O) groups is 2. The maximum atomic E-state index is 11.6. The second-order valence-corrected chi connectivity index (χ2v) is 3.50. The van der Waals surface area contributed by atoms with Crippen molar-refractivity contribution in [2.45, 2.75) is 0 Å². The second kappa shape index (κ2) is 3.76. The van der Waals surface area contributed by atoms with Gasteiger partial charge in [-0.2, -0.15) is 0 Å². The minimum absolute atomic E-state index is 0.0868. The van der Waals surface area contributed by atoms with E-state index in [9.17, 15) is 9.59 Å². The lowest BCUT2D eigenvalue weighted by molar-refractivity contribution is 0.0994. The molecule has 1 fully saturated rings. The Labute approximate surface area is 91.8 Å². The van der Waals surface area contributed by atoms with Crippen molar-refractivity contribution >= 4 is 17.8 Å². The van der Waals surface area contributed by atoms with Gasteiger partial charge in [0.25, 0.3) is 5.91 Å². The van der Waals surface area contributed by atoms with Crippen molar-refractivity contribution in [1.82, 2.24) is 15.1 Å². The number of hydrogen-bond donors (Lipinski definition) is 1. The number of hydrogen-bond acceptors (Lipinski definition) is 4. The first kappa shape index (κ1) is 10.3. The Hall–Kier alpha value is -2.18. The van der Waals surface area contributed by atoms with Crippen LogP contribution in [0.4, 0.5) is 10.6 Å². The van der Waals surface area contributed by atoms with Gasteiger partial charge >= 0.3 is 6.03 Å². The SMILES string of the molecule is CN1CCN(c2ccc(C(N)=O)nn2)C1=O. The molecule has 2 rings (SSSR count). The number of carbonyl (C=O) groups excluding carboxylic acids is 2. The molecule has 1 aliphatic rings. The van der Waals surface area contributed by atoms with Crippen molar-refractivity contribution in [1.29, 1.82) is 0 Å². The molecule has 1 aliphatic heterocycles. The summed E-state index contributed by atoms with van der Waals surface area (Å²) in [4.78, 5) is 25.5. The largest absolute Gasteiger partial charge is 0.364 e. The van der Waals surface area contributed by atoms with Gasteiger partial charge in [-0.05, 0) is 12.1 Å². The zero-order chi connectivity index (χ0) is 11.7. The monoisotopic (exact) mass is 221 g/mol. The Morgan fingerprint density at radius 2 is 2.12 bits per heavy atom. The molecule has 0 radical (unpaired) electrons. The molecule has 16 heavy (non-hydrogen) atoms. The van der Waals surface area contributed by atoms with Crippen LogP contribution >= 0.6 is 0 Å². The van der Waals surface area contributed by atoms with Crippen molar-refractivity contribution in [3.8, 4) is 0 Å². The molecule has 0 unspecified atom stereocenters. The first-order chi connectivity index (χ1) is 7.59. The average Bonchev–Trinajstić information content (AvgIpc) is 2.60. The van der Waals surface area contributed by atoms with Crippen molar-refractivity contribution in [3.05, 3.63) is 17.8 Å². The van der Waals surface area contributed by atoms with Crippen molar-refractivity contribution in [2.75, 3.05) is 25.0 Å². The summed E-state index contributed by atoms with van der Waals surface area (Å²) in [5, 5.41) is 7.44. The lowest BCUT2D eigenvalue weighted by atomic mass is 10.3. The maximum Gasteiger partial charge on any atom is 0.325 e. The number of aromatic nitrogens is 2. The number of nitrogens with zero attached hydrogens (tertiary/aromatic N) is 4. The van der Waals surface area contributed by atoms with Gasteiger partial charge in [0.05, 0.1) is 0 Å². The quantitative estimate of drug-likeness (QED) is 0.725. The zero-order valence-corrected chi connectivity index (χ0v) is 8.75. The number of urea groups is 1. The zero-order valence-electron chi connectivity index (χ0n) is 8.75. The molecule has 0 saturated carbocycles. The van der Waals surface area contributed by atoms with Crippen LogP contribution < -0.4 is 10.6 Å². The third-order valence-corrected chi connectivity index (χ3v) is 2.40. The summed E-state index contributed by atoms with van der Waals surface area (Å²) in [5.41, 5.74) is 5.12. The van der Waals surface area contributed by atoms with Gasteiger partial charge in [-0.3, -0.25) is 9.69 Å². The topological polar surface area (TPSA) is 92.4 Å². The molecule has 7 heteroatoms. The van der Waals surface area contributed by atoms with E-state index < -0.39 is 5.91 Å². The molecule has 1 saturated heterocycles. The van der Waals surface area contributed by atoms with Crippen LogP contribution in [0.25, 0.3) is 0 Å². The Balaban J connectivity index is 2.22. The average molecular weight is 221 g/mol. The van der Waals surface area contributed by atoms with Gasteiger partial charge in [0.2, 0.25) is 0 Å². The molecule has 3 amide bonds. The summed E-state index contributed by atoms with van der Waals surface area (Å²) in [7, 11) is 1.72. The van der Waals surface area contributed by atoms with Crippen LogP contribution in [0.15, 0.2) is 12.1 Å². The number of nitrogens with two attached hydrogens (primary N) is 1. The molecule has 2 heterocycles. The molecule has 0 bridgehead atoms. The number of rotatable bonds is 2. The smallest absolute Gasteiger partial charge is 0.325 e. The second-order valence-electron chi connectivity index (χ2n) is 3.50. The maximum absolute atomic E-state index is 11.6. The molecule has 84 valence electrons. The van der Waals surface area contributed by atoms with Crippen LogP contribution in [-0.4, -0.2) is 47.2 Å². The van der Waals surface area contributed by atoms with Gasteiger partial charge in [-0.25, -0.2) is 4.79 Å². The highest BCUT2D eigenvalue weighted by atomic mass is 16.2. The summed E-state index contributed by atoms with van der Waals surface area (Å²) in [6.45, 7) is 1.22. The fourth-order valence-corrected chi connectivity index (χ4v) is 1.46. The van der Waals surface area contributed by atoms with E-state index in [0.29, 0.717) is 18.9 Å². The normalized spacial score (nSPS) is 15.7. The van der Waals surface area contributed by atoms with Crippen LogP contribution in [0.3, 0.4) is 0 Å². The first-order valence-corrected chi connectivity index (χ1v) is 4.76. The highest BCUT2D eigenvalue weighted by Gasteiger charge is 2.27. The molecule has 7 nitrogen and oxygen atoms in total. The Morgan fingerprint density at radius 1 is 1.38 bits per heavy atom. The third-order valence-electron chi connectivity index (χ3n) is 2.40. The van der Waals surface area contributed by atoms with Crippen molar-refractivity contribution in [3.63, 3.8) is 0 Å². The Bertz CT molecular complexity index is 430. The number of primary amides is 1. The Kier molecular flexibility index (Phi) is 2.43. The highest BCUT2D eigenvalue weighted by molar-refractivity contribution is 5.94. The molecule has 1 aromatic heterocycles. The van der Waals surface area contributed by atoms with Crippen molar-refractivity contribution in [2.24, 2.45) is 5.73 Å². The van der Waals surface area contributed by atoms with Gasteiger partial charge in [0.15, 0.2) is 11.5 Å². The van der Waals surface area contributed by atoms with E-state index in [-0.39, 0.29) is 11.7 Å². The third kappa shape index (κ3) is 1.67. The number of anilines is 1. The number of amides is 3. The van der Waals surface area contributed by atoms with Crippen LogP contribution in [0.2, 0.25) is 0 Å². The predicted octanol–water partition coefficient (Wildman–Crippen LogP) is -0.553. The fraction of sp³-hybridized carbons (Fsp3) is 0.333. The lowest BCUT2D eigenvalue weighted by Gasteiger charge is -2.13. The van der Waals surface area contributed by atoms with E-state index in [1.807, 2.05) is 0 Å². The van der Waals surface area contributed by atoms with Crippen LogP contribution in [0.5, 0.6) is 0 Å². The summed E-state index contributed by atoms with van der Waals surface area (Å²) in [6.07, 6.45) is 0. The molecule has 0 aliphatic carbocycles. The van der Waals surface area contributed by atoms with Crippen LogP contribution in [0.1, 0.15) is 10.5 Å². The number of likely N-dealkylation sites (N-methyl/N-ethyl adjacent to an activating group) is 1. The summed E-state index contributed by atoms with van der Waals surface area (Å²) >= 11 is 0. The lowest BCUT2D eigenvalue weighted by Crippen LogP contribution is -2.30. The molecule has 0 aromatic carbocycles. The molecule has 1 aromatic rings. The van der Waals surface area contributed by atoms with Gasteiger partial charge in [-0.1, -0.05) is 0 Å². The highest BCUT2D eigenvalue weighted by Crippen LogP contribution is 2.15. The van der Waals surface area contributed by atoms with Gasteiger partial charge in [0.1, 0.15) is 0 Å². The van der Waals surface area contributed by atoms with E-state index in [4.69, 9.17) is 5.73 Å². The van der Waals surface area contributed by atoms with Gasteiger partial charge in [0, 0.05) is 20.1 Å². The minimum Gasteiger partial charge on any atom is -0.364 e. The van der Waals surface area contributed by atoms with Crippen LogP contribution in [0, 0.1) is 0 Å². The minimum atomic E-state index is -0.635. The molecule has 0 spiro atoms. The molecule has 2 N–H and O–H groups in total. The Morgan fingerprint density at radius 3 is 2.56 bits per heavy atom. The summed E-state index contributed by atoms with van der Waals surface area (Å²) < 4.78 is 0. The van der Waals surface area contributed by atoms with E-state index in [2.05, 4.69) is 10.2 Å². The molecule has 0 atom stereocenters. The van der Waals surface area contributed by atoms with E-state index >= 15 is 0 Å².